The molecule has 1 aromatic carbocycles. The molecule has 0 radical (unpaired) electrons. The van der Waals surface area contributed by atoms with Crippen LogP contribution in [0.2, 0.25) is 5.02 Å². The molecule has 7 heteroatoms. The Hall–Kier alpha value is -1.50. The van der Waals surface area contributed by atoms with Crippen molar-refractivity contribution in [3.8, 4) is 0 Å². The third kappa shape index (κ3) is 4.00. The second kappa shape index (κ2) is 6.51. The summed E-state index contributed by atoms with van der Waals surface area (Å²) in [4.78, 5) is 0. The predicted octanol–water partition coefficient (Wildman–Crippen LogP) is 3.78. The molecule has 0 aliphatic carbocycles. The molecule has 1 heterocycles. The van der Waals surface area contributed by atoms with Gasteiger partial charge in [-0.05, 0) is 29.8 Å². The minimum Gasteiger partial charge on any atom is -0.468 e. The van der Waals surface area contributed by atoms with E-state index in [1.807, 2.05) is 0 Å². The summed E-state index contributed by atoms with van der Waals surface area (Å²) in [7, 11) is 0. The Morgan fingerprint density at radius 2 is 2.05 bits per heavy atom. The van der Waals surface area contributed by atoms with Crippen LogP contribution in [0.4, 0.5) is 13.2 Å². The molecule has 1 aromatic heterocycles. The Morgan fingerprint density at radius 3 is 2.62 bits per heavy atom. The second-order valence-corrected chi connectivity index (χ2v) is 4.85. The van der Waals surface area contributed by atoms with Crippen LogP contribution >= 0.6 is 11.6 Å². The number of rotatable bonds is 5. The monoisotopic (exact) mass is 319 g/mol. The van der Waals surface area contributed by atoms with Gasteiger partial charge in [-0.2, -0.15) is 13.2 Å². The van der Waals surface area contributed by atoms with Gasteiger partial charge in [0, 0.05) is 6.54 Å². The molecule has 0 aliphatic rings. The van der Waals surface area contributed by atoms with Crippen molar-refractivity contribution in [3.63, 3.8) is 0 Å². The molecule has 0 saturated heterocycles. The summed E-state index contributed by atoms with van der Waals surface area (Å²) < 4.78 is 43.4. The lowest BCUT2D eigenvalue weighted by atomic mass is 10.1. The average molecular weight is 320 g/mol. The summed E-state index contributed by atoms with van der Waals surface area (Å²) in [6.45, 7) is -0.0839. The number of hydrogen-bond donors (Lipinski definition) is 2. The largest absolute Gasteiger partial charge is 0.468 e. The molecule has 0 spiro atoms. The summed E-state index contributed by atoms with van der Waals surface area (Å²) in [5.74, 6) is 0.516. The van der Waals surface area contributed by atoms with Gasteiger partial charge in [0.1, 0.15) is 5.76 Å². The van der Waals surface area contributed by atoms with Crippen molar-refractivity contribution >= 4 is 11.6 Å². The van der Waals surface area contributed by atoms with Gasteiger partial charge in [-0.3, -0.25) is 0 Å². The highest BCUT2D eigenvalue weighted by atomic mass is 35.5. The van der Waals surface area contributed by atoms with Gasteiger partial charge in [-0.1, -0.05) is 17.7 Å². The number of hydrogen-bond acceptors (Lipinski definition) is 3. The molecule has 2 aromatic rings. The van der Waals surface area contributed by atoms with Crippen molar-refractivity contribution in [1.82, 2.24) is 5.32 Å². The van der Waals surface area contributed by atoms with Crippen molar-refractivity contribution in [2.24, 2.45) is 0 Å². The van der Waals surface area contributed by atoms with Crippen LogP contribution in [0.25, 0.3) is 0 Å². The molecule has 0 fully saturated rings. The van der Waals surface area contributed by atoms with Crippen molar-refractivity contribution in [2.45, 2.75) is 18.8 Å². The summed E-state index contributed by atoms with van der Waals surface area (Å²) >= 11 is 5.56. The highest BCUT2D eigenvalue weighted by molar-refractivity contribution is 6.31. The Labute approximate surface area is 124 Å². The lowest BCUT2D eigenvalue weighted by Crippen LogP contribution is -2.23. The van der Waals surface area contributed by atoms with E-state index < -0.39 is 17.8 Å². The van der Waals surface area contributed by atoms with Crippen molar-refractivity contribution in [2.75, 3.05) is 6.61 Å². The van der Waals surface area contributed by atoms with Gasteiger partial charge in [-0.15, -0.1) is 0 Å². The lowest BCUT2D eigenvalue weighted by molar-refractivity contribution is -0.137. The van der Waals surface area contributed by atoms with E-state index in [1.54, 1.807) is 12.1 Å². The van der Waals surface area contributed by atoms with Gasteiger partial charge in [0.25, 0.3) is 0 Å². The molecule has 1 atom stereocenters. The van der Waals surface area contributed by atoms with Gasteiger partial charge >= 0.3 is 6.18 Å². The van der Waals surface area contributed by atoms with E-state index in [0.29, 0.717) is 11.3 Å². The highest BCUT2D eigenvalue weighted by Gasteiger charge is 2.33. The zero-order valence-corrected chi connectivity index (χ0v) is 11.6. The topological polar surface area (TPSA) is 45.4 Å². The number of furan rings is 1. The summed E-state index contributed by atoms with van der Waals surface area (Å²) in [6.07, 6.45) is -3.03. The zero-order valence-electron chi connectivity index (χ0n) is 10.8. The maximum atomic E-state index is 12.8. The normalized spacial score (nSPS) is 13.4. The molecule has 1 unspecified atom stereocenters. The summed E-state index contributed by atoms with van der Waals surface area (Å²) in [5.41, 5.74) is -0.459. The van der Waals surface area contributed by atoms with Gasteiger partial charge in [0.05, 0.1) is 29.5 Å². The van der Waals surface area contributed by atoms with Crippen LogP contribution in [0.15, 0.2) is 41.0 Å². The Bertz CT molecular complexity index is 584. The minimum absolute atomic E-state index is 0.145. The maximum Gasteiger partial charge on any atom is 0.417 e. The van der Waals surface area contributed by atoms with Crippen molar-refractivity contribution in [3.05, 3.63) is 58.5 Å². The van der Waals surface area contributed by atoms with Crippen LogP contribution in [0, 0.1) is 0 Å². The fourth-order valence-corrected chi connectivity index (χ4v) is 2.11. The molecule has 2 N–H and O–H groups in total. The van der Waals surface area contributed by atoms with E-state index in [-0.39, 0.29) is 18.2 Å². The third-order valence-corrected chi connectivity index (χ3v) is 3.29. The first-order chi connectivity index (χ1) is 9.91. The number of nitrogens with one attached hydrogen (secondary N) is 1. The van der Waals surface area contributed by atoms with E-state index in [1.165, 1.54) is 18.4 Å². The van der Waals surface area contributed by atoms with Crippen LogP contribution < -0.4 is 5.32 Å². The molecule has 3 nitrogen and oxygen atoms in total. The zero-order chi connectivity index (χ0) is 15.5. The molecule has 114 valence electrons. The van der Waals surface area contributed by atoms with Crippen LogP contribution in [-0.2, 0) is 12.7 Å². The molecule has 0 aliphatic heterocycles. The van der Waals surface area contributed by atoms with Crippen LogP contribution in [0.5, 0.6) is 0 Å². The van der Waals surface area contributed by atoms with Gasteiger partial charge in [0.2, 0.25) is 0 Å². The van der Waals surface area contributed by atoms with E-state index in [0.717, 1.165) is 6.07 Å². The summed E-state index contributed by atoms with van der Waals surface area (Å²) in [6, 6.07) is 6.57. The minimum atomic E-state index is -4.50. The maximum absolute atomic E-state index is 12.8. The number of halogens is 4. The molecule has 0 amide bonds. The van der Waals surface area contributed by atoms with Gasteiger partial charge in [-0.25, -0.2) is 0 Å². The van der Waals surface area contributed by atoms with E-state index >= 15 is 0 Å². The Kier molecular flexibility index (Phi) is 4.92. The molecule has 2 rings (SSSR count). The smallest absolute Gasteiger partial charge is 0.417 e. The van der Waals surface area contributed by atoms with Crippen molar-refractivity contribution < 1.29 is 22.7 Å². The Morgan fingerprint density at radius 1 is 1.29 bits per heavy atom. The number of aliphatic hydroxyl groups excluding tert-OH is 1. The molecular weight excluding hydrogens is 307 g/mol. The SMILES string of the molecule is OCC(NCc1ccc(Cl)c(C(F)(F)F)c1)c1ccco1. The fraction of sp³-hybridized carbons (Fsp3) is 0.286. The number of alkyl halides is 3. The Balaban J connectivity index is 2.10. The predicted molar refractivity (Wildman–Crippen MR) is 71.8 cm³/mol. The van der Waals surface area contributed by atoms with Crippen LogP contribution in [0.1, 0.15) is 22.9 Å². The van der Waals surface area contributed by atoms with Crippen LogP contribution in [0.3, 0.4) is 0 Å². The van der Waals surface area contributed by atoms with Gasteiger partial charge < -0.3 is 14.8 Å². The standard InChI is InChI=1S/C14H13ClF3NO2/c15-11-4-3-9(6-10(11)14(16,17)18)7-19-12(8-20)13-2-1-5-21-13/h1-6,12,19-20H,7-8H2. The number of benzene rings is 1. The number of aliphatic hydroxyl groups is 1. The average Bonchev–Trinajstić information content (AvgIpc) is 2.94. The summed E-state index contributed by atoms with van der Waals surface area (Å²) in [5, 5.41) is 11.9. The van der Waals surface area contributed by atoms with Crippen molar-refractivity contribution in [1.29, 1.82) is 0 Å². The molecule has 21 heavy (non-hydrogen) atoms. The highest BCUT2D eigenvalue weighted by Crippen LogP contribution is 2.35. The van der Waals surface area contributed by atoms with Crippen LogP contribution in [-0.4, -0.2) is 11.7 Å². The fourth-order valence-electron chi connectivity index (χ4n) is 1.89. The third-order valence-electron chi connectivity index (χ3n) is 2.96. The molecule has 0 bridgehead atoms. The first-order valence-corrected chi connectivity index (χ1v) is 6.53. The first kappa shape index (κ1) is 15.9. The quantitative estimate of drug-likeness (QED) is 0.881. The molecule has 0 saturated carbocycles. The van der Waals surface area contributed by atoms with E-state index in [4.69, 9.17) is 16.0 Å². The first-order valence-electron chi connectivity index (χ1n) is 6.15. The van der Waals surface area contributed by atoms with E-state index in [9.17, 15) is 18.3 Å². The second-order valence-electron chi connectivity index (χ2n) is 4.44. The van der Waals surface area contributed by atoms with E-state index in [2.05, 4.69) is 5.32 Å². The molecular formula is C14H13ClF3NO2. The lowest BCUT2D eigenvalue weighted by Gasteiger charge is -2.15. The van der Waals surface area contributed by atoms with Gasteiger partial charge in [0.15, 0.2) is 0 Å².